The summed E-state index contributed by atoms with van der Waals surface area (Å²) < 4.78 is 86.5. The highest BCUT2D eigenvalue weighted by molar-refractivity contribution is 5.59. The third-order valence-electron chi connectivity index (χ3n) is 3.61. The normalized spacial score (nSPS) is 11.7. The van der Waals surface area contributed by atoms with Crippen molar-refractivity contribution in [3.8, 4) is 23.0 Å². The van der Waals surface area contributed by atoms with E-state index < -0.39 is 12.6 Å². The molecule has 158 valence electrons. The summed E-state index contributed by atoms with van der Waals surface area (Å²) >= 11 is 0. The van der Waals surface area contributed by atoms with E-state index in [1.54, 1.807) is 0 Å². The molecule has 0 heterocycles. The fourth-order valence-corrected chi connectivity index (χ4v) is 2.45. The summed E-state index contributed by atoms with van der Waals surface area (Å²) in [5.74, 6) is 0.312. The number of rotatable bonds is 6. The van der Waals surface area contributed by atoms with Gasteiger partial charge in [-0.15, -0.1) is 0 Å². The van der Waals surface area contributed by atoms with Gasteiger partial charge in [0.15, 0.2) is 11.5 Å². The van der Waals surface area contributed by atoms with E-state index in [4.69, 9.17) is 9.47 Å². The molecule has 0 unspecified atom stereocenters. The van der Waals surface area contributed by atoms with Gasteiger partial charge < -0.3 is 9.47 Å². The third kappa shape index (κ3) is 6.23. The molecule has 0 saturated heterocycles. The number of ether oxygens (including phenoxy) is 2. The molecule has 0 fully saturated rings. The van der Waals surface area contributed by atoms with Crippen molar-refractivity contribution in [2.75, 3.05) is 10.6 Å². The third-order valence-corrected chi connectivity index (χ3v) is 3.61. The summed E-state index contributed by atoms with van der Waals surface area (Å²) in [4.78, 5) is 0. The lowest BCUT2D eigenvalue weighted by molar-refractivity contribution is -0.101. The predicted molar refractivity (Wildman–Crippen MR) is 98.8 cm³/mol. The largest absolute Gasteiger partial charge is 0.482 e. The summed E-state index contributed by atoms with van der Waals surface area (Å²) in [5.41, 5.74) is -0.532. The molecule has 3 aromatic rings. The minimum Gasteiger partial charge on any atom is -0.455 e. The minimum atomic E-state index is -4.63. The molecule has 10 heteroatoms. The number of halogens is 6. The van der Waals surface area contributed by atoms with Crippen LogP contribution in [-0.2, 0) is 0 Å². The van der Waals surface area contributed by atoms with Crippen LogP contribution in [0.3, 0.4) is 0 Å². The van der Waals surface area contributed by atoms with E-state index in [0.717, 1.165) is 0 Å². The molecule has 0 spiro atoms. The topological polar surface area (TPSA) is 42.5 Å². The van der Waals surface area contributed by atoms with Gasteiger partial charge in [0.2, 0.25) is 0 Å². The van der Waals surface area contributed by atoms with Crippen LogP contribution in [0.4, 0.5) is 37.7 Å². The van der Waals surface area contributed by atoms with Crippen molar-refractivity contribution in [3.05, 3.63) is 72.8 Å². The minimum absolute atomic E-state index is 0.0526. The summed E-state index contributed by atoms with van der Waals surface area (Å²) in [6, 6.07) is 16.7. The highest BCUT2D eigenvalue weighted by Gasteiger charge is 2.29. The molecule has 0 aliphatic carbocycles. The van der Waals surface area contributed by atoms with Crippen molar-refractivity contribution < 1.29 is 35.8 Å². The van der Waals surface area contributed by atoms with Crippen LogP contribution in [-0.4, -0.2) is 12.6 Å². The van der Waals surface area contributed by atoms with Crippen molar-refractivity contribution in [2.45, 2.75) is 12.6 Å². The van der Waals surface area contributed by atoms with Gasteiger partial charge in [0.05, 0.1) is 11.4 Å². The van der Waals surface area contributed by atoms with Gasteiger partial charge in [-0.1, -0.05) is 24.3 Å². The molecule has 0 atom stereocenters. The maximum atomic E-state index is 12.6. The number of benzene rings is 3. The first-order valence-electron chi connectivity index (χ1n) is 8.43. The number of nitrogens with one attached hydrogen (secondary N) is 2. The van der Waals surface area contributed by atoms with Crippen LogP contribution in [0.2, 0.25) is 0 Å². The van der Waals surface area contributed by atoms with Crippen LogP contribution < -0.4 is 20.1 Å². The van der Waals surface area contributed by atoms with Crippen molar-refractivity contribution in [1.82, 2.24) is 0 Å². The Morgan fingerprint density at radius 2 is 0.833 bits per heavy atom. The average Bonchev–Trinajstić information content (AvgIpc) is 2.64. The second-order valence-corrected chi connectivity index (χ2v) is 5.91. The van der Waals surface area contributed by atoms with Crippen molar-refractivity contribution >= 4 is 11.4 Å². The number of para-hydroxylation sites is 4. The second-order valence-electron chi connectivity index (χ2n) is 5.91. The molecular weight excluding hydrogens is 414 g/mol. The van der Waals surface area contributed by atoms with Gasteiger partial charge in [-0.2, -0.15) is 26.3 Å². The van der Waals surface area contributed by atoms with Crippen molar-refractivity contribution in [1.29, 1.82) is 0 Å². The van der Waals surface area contributed by atoms with Gasteiger partial charge in [0.1, 0.15) is 11.5 Å². The Morgan fingerprint density at radius 1 is 0.500 bits per heavy atom. The molecule has 3 rings (SSSR count). The van der Waals surface area contributed by atoms with Gasteiger partial charge in [-0.05, 0) is 48.5 Å². The van der Waals surface area contributed by atoms with Gasteiger partial charge in [-0.25, -0.2) is 0 Å². The standard InChI is InChI=1S/C20H14F6N2O2/c21-19(22,23)27-15-5-1-3-7-17(15)29-13-9-11-14(12-10-13)30-18-8-4-2-6-16(18)28-20(24,25)26/h1-12,27-28H. The Balaban J connectivity index is 1.73. The fourth-order valence-electron chi connectivity index (χ4n) is 2.45. The van der Waals surface area contributed by atoms with Crippen molar-refractivity contribution in [2.24, 2.45) is 0 Å². The molecule has 0 saturated carbocycles. The first-order chi connectivity index (χ1) is 14.1. The van der Waals surface area contributed by atoms with E-state index >= 15 is 0 Å². The number of alkyl halides is 6. The molecular formula is C20H14F6N2O2. The van der Waals surface area contributed by atoms with Crippen LogP contribution in [0.15, 0.2) is 72.8 Å². The molecule has 0 aliphatic heterocycles. The maximum Gasteiger partial charge on any atom is 0.482 e. The number of hydrogen-bond donors (Lipinski definition) is 2. The first kappa shape index (κ1) is 21.2. The molecule has 0 aromatic heterocycles. The van der Waals surface area contributed by atoms with E-state index in [9.17, 15) is 26.3 Å². The highest BCUT2D eigenvalue weighted by Crippen LogP contribution is 2.35. The van der Waals surface area contributed by atoms with Crippen LogP contribution in [0.5, 0.6) is 23.0 Å². The summed E-state index contributed by atoms with van der Waals surface area (Å²) in [7, 11) is 0. The number of anilines is 2. The molecule has 2 N–H and O–H groups in total. The summed E-state index contributed by atoms with van der Waals surface area (Å²) in [5, 5.41) is 2.78. The lowest BCUT2D eigenvalue weighted by Crippen LogP contribution is -2.20. The molecule has 0 radical (unpaired) electrons. The zero-order chi connectivity index (χ0) is 21.8. The van der Waals surface area contributed by atoms with E-state index in [-0.39, 0.29) is 34.4 Å². The van der Waals surface area contributed by atoms with Crippen LogP contribution in [0, 0.1) is 0 Å². The van der Waals surface area contributed by atoms with Crippen LogP contribution in [0.1, 0.15) is 0 Å². The molecule has 30 heavy (non-hydrogen) atoms. The Kier molecular flexibility index (Phi) is 5.95. The Labute approximate surface area is 167 Å². The molecule has 4 nitrogen and oxygen atoms in total. The quantitative estimate of drug-likeness (QED) is 0.324. The lowest BCUT2D eigenvalue weighted by atomic mass is 10.2. The van der Waals surface area contributed by atoms with Gasteiger partial charge in [-0.3, -0.25) is 10.6 Å². The molecule has 0 aliphatic rings. The van der Waals surface area contributed by atoms with E-state index in [0.29, 0.717) is 0 Å². The predicted octanol–water partition coefficient (Wildman–Crippen LogP) is 7.13. The maximum absolute atomic E-state index is 12.6. The average molecular weight is 428 g/mol. The molecule has 0 amide bonds. The van der Waals surface area contributed by atoms with E-state index in [2.05, 4.69) is 0 Å². The Hall–Kier alpha value is -3.56. The van der Waals surface area contributed by atoms with Gasteiger partial charge in [0.25, 0.3) is 0 Å². The smallest absolute Gasteiger partial charge is 0.455 e. The molecule has 3 aromatic carbocycles. The Morgan fingerprint density at radius 3 is 1.17 bits per heavy atom. The fraction of sp³-hybridized carbons (Fsp3) is 0.100. The monoisotopic (exact) mass is 428 g/mol. The summed E-state index contributed by atoms with van der Waals surface area (Å²) in [6.45, 7) is 0. The van der Waals surface area contributed by atoms with Gasteiger partial charge in [0, 0.05) is 0 Å². The SMILES string of the molecule is FC(F)(F)Nc1ccccc1Oc1ccc(Oc2ccccc2NC(F)(F)F)cc1. The first-order valence-corrected chi connectivity index (χ1v) is 8.43. The highest BCUT2D eigenvalue weighted by atomic mass is 19.4. The molecule has 0 bridgehead atoms. The van der Waals surface area contributed by atoms with E-state index in [1.807, 2.05) is 0 Å². The van der Waals surface area contributed by atoms with Gasteiger partial charge >= 0.3 is 12.6 Å². The second kappa shape index (κ2) is 8.44. The van der Waals surface area contributed by atoms with Crippen molar-refractivity contribution in [3.63, 3.8) is 0 Å². The van der Waals surface area contributed by atoms with E-state index in [1.165, 1.54) is 83.4 Å². The summed E-state index contributed by atoms with van der Waals surface area (Å²) in [6.07, 6.45) is -9.26. The number of hydrogen-bond acceptors (Lipinski definition) is 4. The lowest BCUT2D eigenvalue weighted by Gasteiger charge is -2.16. The Bertz CT molecular complexity index is 907. The van der Waals surface area contributed by atoms with Crippen LogP contribution >= 0.6 is 0 Å². The zero-order valence-electron chi connectivity index (χ0n) is 15.0. The zero-order valence-corrected chi connectivity index (χ0v) is 15.0. The van der Waals surface area contributed by atoms with Crippen LogP contribution in [0.25, 0.3) is 0 Å².